The molecule has 0 aromatic carbocycles. The first-order chi connectivity index (χ1) is 21.7. The molecule has 0 bridgehead atoms. The number of aliphatic hydroxyl groups excluding tert-OH is 4. The van der Waals surface area contributed by atoms with Crippen molar-refractivity contribution in [1.29, 1.82) is 0 Å². The van der Waals surface area contributed by atoms with Crippen molar-refractivity contribution in [2.75, 3.05) is 6.61 Å². The van der Waals surface area contributed by atoms with E-state index in [2.05, 4.69) is 34.6 Å². The van der Waals surface area contributed by atoms with Crippen molar-refractivity contribution >= 4 is 5.97 Å². The van der Waals surface area contributed by atoms with Crippen LogP contribution in [-0.4, -0.2) is 98.3 Å². The molecule has 0 radical (unpaired) electrons. The Morgan fingerprint density at radius 1 is 0.830 bits per heavy atom. The highest BCUT2D eigenvalue weighted by Gasteiger charge is 2.85. The summed E-state index contributed by atoms with van der Waals surface area (Å²) in [6.07, 6.45) is 1.51. The molecule has 5 saturated carbocycles. The Morgan fingerprint density at radius 3 is 2.13 bits per heavy atom. The molecule has 0 aromatic rings. The van der Waals surface area contributed by atoms with E-state index in [1.807, 2.05) is 0 Å². The van der Waals surface area contributed by atoms with Crippen molar-refractivity contribution in [1.82, 2.24) is 0 Å². The molecule has 7 rings (SSSR count). The molecule has 2 spiro atoms. The normalized spacial score (nSPS) is 56.6. The van der Waals surface area contributed by atoms with Crippen molar-refractivity contribution < 1.29 is 49.3 Å². The molecule has 268 valence electrons. The van der Waals surface area contributed by atoms with Crippen LogP contribution in [0.15, 0.2) is 0 Å². The number of carbonyl (C=O) groups excluding carboxylic acids is 1. The molecule has 10 heteroatoms. The van der Waals surface area contributed by atoms with Crippen LogP contribution < -0.4 is 0 Å². The number of hydrogen-bond acceptors (Lipinski definition) is 10. The van der Waals surface area contributed by atoms with Gasteiger partial charge in [0.2, 0.25) is 0 Å². The Labute approximate surface area is 279 Å². The third-order valence-corrected chi connectivity index (χ3v) is 15.9. The minimum absolute atomic E-state index is 0.0770. The van der Waals surface area contributed by atoms with Crippen molar-refractivity contribution in [3.05, 3.63) is 0 Å². The zero-order valence-corrected chi connectivity index (χ0v) is 29.7. The zero-order valence-electron chi connectivity index (χ0n) is 29.7. The topological polar surface area (TPSA) is 155 Å². The fourth-order valence-electron chi connectivity index (χ4n) is 13.7. The number of fused-ring (bicyclic) bond motifs is 2. The maximum atomic E-state index is 12.7. The molecule has 0 amide bonds. The van der Waals surface area contributed by atoms with Crippen molar-refractivity contribution in [3.63, 3.8) is 0 Å². The van der Waals surface area contributed by atoms with Gasteiger partial charge in [0.1, 0.15) is 24.4 Å². The SMILES string of the molecule is CC(=O)O[C@H]1[C@H](O)[C@H]([C@]2(C)CC[C@@H](C(C)(C)O)O2)[C@@]2(C)CC[C@@]34C[C@@]35CC[C@H](O[C@@H]3OC[C@@H](O)[C@H](O)[C@H]3O)C(C)(C)[C@@H]5CC[C@H]4[C@]12C. The van der Waals surface area contributed by atoms with Gasteiger partial charge in [-0.2, -0.15) is 0 Å². The van der Waals surface area contributed by atoms with Gasteiger partial charge in [0.15, 0.2) is 6.29 Å². The van der Waals surface area contributed by atoms with E-state index in [4.69, 9.17) is 18.9 Å². The van der Waals surface area contributed by atoms with Gasteiger partial charge in [-0.1, -0.05) is 27.7 Å². The van der Waals surface area contributed by atoms with Gasteiger partial charge >= 0.3 is 5.97 Å². The lowest BCUT2D eigenvalue weighted by Gasteiger charge is -2.64. The van der Waals surface area contributed by atoms with E-state index in [9.17, 15) is 30.3 Å². The summed E-state index contributed by atoms with van der Waals surface area (Å²) in [6, 6.07) is 0. The van der Waals surface area contributed by atoms with E-state index in [-0.39, 0.29) is 58.3 Å². The third-order valence-electron chi connectivity index (χ3n) is 15.9. The first-order valence-electron chi connectivity index (χ1n) is 18.3. The van der Waals surface area contributed by atoms with E-state index < -0.39 is 53.4 Å². The lowest BCUT2D eigenvalue weighted by Crippen LogP contribution is -2.62. The van der Waals surface area contributed by atoms with Crippen LogP contribution in [0.5, 0.6) is 0 Å². The Hall–Kier alpha value is -0.850. The van der Waals surface area contributed by atoms with Crippen LogP contribution in [0.3, 0.4) is 0 Å². The van der Waals surface area contributed by atoms with Crippen LogP contribution in [0.1, 0.15) is 113 Å². The number of esters is 1. The highest BCUT2D eigenvalue weighted by atomic mass is 16.7. The van der Waals surface area contributed by atoms with Crippen LogP contribution in [0, 0.1) is 44.8 Å². The number of ether oxygens (including phenoxy) is 4. The van der Waals surface area contributed by atoms with Crippen molar-refractivity contribution in [2.24, 2.45) is 44.8 Å². The predicted octanol–water partition coefficient (Wildman–Crippen LogP) is 3.47. The standard InChI is InChI=1S/C37H60O10/c1-19(38)45-29-27(42)28(34(7)13-11-24(47-34)32(4,5)43)33(6)15-16-37-18-36(37)14-12-23(46-30-26(41)25(40)20(39)17-44-30)31(2,3)21(36)9-10-22(37)35(29,33)8/h20-30,39-43H,9-18H2,1-8H3/t20-,21+,22+,23+,24+,25+,26-,27-,28+,29+,30+,33-,34+,35-,36-,37+/m1/s1. The fraction of sp³-hybridized carbons (Fsp3) is 0.973. The summed E-state index contributed by atoms with van der Waals surface area (Å²) in [5.74, 6) is 0.0227. The monoisotopic (exact) mass is 664 g/mol. The molecule has 2 aliphatic heterocycles. The van der Waals surface area contributed by atoms with Gasteiger partial charge in [-0.05, 0) is 112 Å². The van der Waals surface area contributed by atoms with Gasteiger partial charge in [0.05, 0.1) is 36.1 Å². The highest BCUT2D eigenvalue weighted by molar-refractivity contribution is 5.66. The predicted molar refractivity (Wildman–Crippen MR) is 171 cm³/mol. The Bertz CT molecular complexity index is 1270. The molecule has 5 N–H and O–H groups in total. The molecule has 0 unspecified atom stereocenters. The third kappa shape index (κ3) is 4.47. The van der Waals surface area contributed by atoms with Gasteiger partial charge in [-0.25, -0.2) is 0 Å². The van der Waals surface area contributed by atoms with E-state index in [1.165, 1.54) is 6.92 Å². The Morgan fingerprint density at radius 2 is 1.49 bits per heavy atom. The van der Waals surface area contributed by atoms with Crippen LogP contribution in [0.25, 0.3) is 0 Å². The second-order valence-electron chi connectivity index (χ2n) is 18.7. The summed E-state index contributed by atoms with van der Waals surface area (Å²) in [5.41, 5.74) is -2.49. The number of carbonyl (C=O) groups is 1. The molecule has 5 aliphatic carbocycles. The van der Waals surface area contributed by atoms with Crippen molar-refractivity contribution in [2.45, 2.75) is 173 Å². The lowest BCUT2D eigenvalue weighted by atomic mass is 9.41. The summed E-state index contributed by atoms with van der Waals surface area (Å²) in [5, 5.41) is 54.0. The number of hydrogen-bond donors (Lipinski definition) is 5. The van der Waals surface area contributed by atoms with Gasteiger partial charge < -0.3 is 44.5 Å². The average Bonchev–Trinajstić information content (AvgIpc) is 3.40. The van der Waals surface area contributed by atoms with Gasteiger partial charge in [-0.15, -0.1) is 0 Å². The highest BCUT2D eigenvalue weighted by Crippen LogP contribution is 2.89. The lowest BCUT2D eigenvalue weighted by molar-refractivity contribution is -0.303. The molecule has 7 aliphatic rings. The molecule has 2 saturated heterocycles. The summed E-state index contributed by atoms with van der Waals surface area (Å²) < 4.78 is 25.1. The summed E-state index contributed by atoms with van der Waals surface area (Å²) >= 11 is 0. The van der Waals surface area contributed by atoms with Crippen LogP contribution in [-0.2, 0) is 23.7 Å². The number of aliphatic hydroxyl groups is 5. The molecule has 2 heterocycles. The maximum absolute atomic E-state index is 12.7. The van der Waals surface area contributed by atoms with Crippen LogP contribution in [0.4, 0.5) is 0 Å². The first-order valence-corrected chi connectivity index (χ1v) is 18.3. The molecule has 10 nitrogen and oxygen atoms in total. The average molecular weight is 665 g/mol. The Kier molecular flexibility index (Phi) is 7.80. The Balaban J connectivity index is 1.19. The smallest absolute Gasteiger partial charge is 0.303 e. The fourth-order valence-corrected chi connectivity index (χ4v) is 13.7. The van der Waals surface area contributed by atoms with E-state index >= 15 is 0 Å². The van der Waals surface area contributed by atoms with Gasteiger partial charge in [0.25, 0.3) is 0 Å². The van der Waals surface area contributed by atoms with Crippen molar-refractivity contribution in [3.8, 4) is 0 Å². The molecular weight excluding hydrogens is 604 g/mol. The zero-order chi connectivity index (χ0) is 34.3. The largest absolute Gasteiger partial charge is 0.459 e. The van der Waals surface area contributed by atoms with Crippen LogP contribution in [0.2, 0.25) is 0 Å². The van der Waals surface area contributed by atoms with Crippen LogP contribution >= 0.6 is 0 Å². The minimum atomic E-state index is -1.31. The molecule has 47 heavy (non-hydrogen) atoms. The summed E-state index contributed by atoms with van der Waals surface area (Å²) in [7, 11) is 0. The van der Waals surface area contributed by atoms with E-state index in [1.54, 1.807) is 13.8 Å². The first kappa shape index (κ1) is 34.6. The molecule has 16 atom stereocenters. The summed E-state index contributed by atoms with van der Waals surface area (Å²) in [4.78, 5) is 12.7. The molecule has 0 aromatic heterocycles. The quantitative estimate of drug-likeness (QED) is 0.218. The van der Waals surface area contributed by atoms with Gasteiger partial charge in [-0.3, -0.25) is 4.79 Å². The second-order valence-corrected chi connectivity index (χ2v) is 18.7. The summed E-state index contributed by atoms with van der Waals surface area (Å²) in [6.45, 7) is 16.2. The van der Waals surface area contributed by atoms with Gasteiger partial charge in [0, 0.05) is 18.3 Å². The second kappa shape index (κ2) is 10.6. The van der Waals surface area contributed by atoms with E-state index in [0.29, 0.717) is 12.3 Å². The molecular formula is C37H60O10. The molecule has 7 fully saturated rings. The maximum Gasteiger partial charge on any atom is 0.303 e. The minimum Gasteiger partial charge on any atom is -0.459 e. The number of rotatable bonds is 5. The van der Waals surface area contributed by atoms with E-state index in [0.717, 1.165) is 51.4 Å².